The van der Waals surface area contributed by atoms with E-state index in [-0.39, 0.29) is 17.7 Å². The van der Waals surface area contributed by atoms with Crippen molar-refractivity contribution in [1.29, 1.82) is 0 Å². The van der Waals surface area contributed by atoms with Crippen molar-refractivity contribution in [2.24, 2.45) is 0 Å². The van der Waals surface area contributed by atoms with Gasteiger partial charge < -0.3 is 20.1 Å². The van der Waals surface area contributed by atoms with Gasteiger partial charge in [-0.3, -0.25) is 4.79 Å². The summed E-state index contributed by atoms with van der Waals surface area (Å²) < 4.78 is 10.8. The lowest BCUT2D eigenvalue weighted by Gasteiger charge is -2.10. The molecule has 0 unspecified atom stereocenters. The van der Waals surface area contributed by atoms with Crippen molar-refractivity contribution in [3.05, 3.63) is 66.4 Å². The Labute approximate surface area is 163 Å². The molecule has 2 N–H and O–H groups in total. The number of nitrogens with one attached hydrogen (secondary N) is 2. The van der Waals surface area contributed by atoms with Gasteiger partial charge in [0.05, 0.1) is 13.2 Å². The highest BCUT2D eigenvalue weighted by atomic mass is 16.5. The third-order valence-corrected chi connectivity index (χ3v) is 3.72. The van der Waals surface area contributed by atoms with Crippen LogP contribution in [0.1, 0.15) is 24.3 Å². The number of amides is 1. The molecule has 0 saturated carbocycles. The monoisotopic (exact) mass is 378 g/mol. The maximum atomic E-state index is 12.3. The maximum absolute atomic E-state index is 12.3. The predicted molar refractivity (Wildman–Crippen MR) is 108 cm³/mol. The number of hydrogen-bond acceptors (Lipinski definition) is 6. The van der Waals surface area contributed by atoms with E-state index < -0.39 is 0 Å². The molecule has 1 aromatic heterocycles. The first-order valence-electron chi connectivity index (χ1n) is 8.86. The maximum Gasteiger partial charge on any atom is 0.276 e. The van der Waals surface area contributed by atoms with Crippen LogP contribution in [0.5, 0.6) is 11.5 Å². The molecule has 0 saturated heterocycles. The highest BCUT2D eigenvalue weighted by Crippen LogP contribution is 2.20. The van der Waals surface area contributed by atoms with Gasteiger partial charge in [-0.25, -0.2) is 0 Å². The zero-order valence-electron chi connectivity index (χ0n) is 16.0. The summed E-state index contributed by atoms with van der Waals surface area (Å²) in [7, 11) is 1.61. The molecule has 0 atom stereocenters. The topological polar surface area (TPSA) is 85.4 Å². The van der Waals surface area contributed by atoms with Crippen molar-refractivity contribution < 1.29 is 14.3 Å². The number of nitrogens with zero attached hydrogens (tertiary/aromatic N) is 2. The van der Waals surface area contributed by atoms with E-state index in [1.807, 2.05) is 50.2 Å². The van der Waals surface area contributed by atoms with Crippen molar-refractivity contribution >= 4 is 23.1 Å². The van der Waals surface area contributed by atoms with Crippen molar-refractivity contribution in [2.75, 3.05) is 17.7 Å². The van der Waals surface area contributed by atoms with Crippen LogP contribution in [0, 0.1) is 0 Å². The van der Waals surface area contributed by atoms with E-state index >= 15 is 0 Å². The van der Waals surface area contributed by atoms with E-state index in [2.05, 4.69) is 20.8 Å². The van der Waals surface area contributed by atoms with E-state index in [9.17, 15) is 4.79 Å². The molecule has 7 heteroatoms. The van der Waals surface area contributed by atoms with Crippen molar-refractivity contribution in [2.45, 2.75) is 20.0 Å². The molecule has 0 bridgehead atoms. The van der Waals surface area contributed by atoms with Crippen LogP contribution in [0.25, 0.3) is 0 Å². The Bertz CT molecular complexity index is 925. The lowest BCUT2D eigenvalue weighted by molar-refractivity contribution is 0.102. The number of ether oxygens (including phenoxy) is 2. The van der Waals surface area contributed by atoms with E-state index in [0.717, 1.165) is 17.2 Å². The molecule has 0 spiro atoms. The number of rotatable bonds is 7. The van der Waals surface area contributed by atoms with Gasteiger partial charge in [-0.2, -0.15) is 0 Å². The molecule has 2 aromatic carbocycles. The SMILES string of the molecule is COc1cccc(Nc2ccc(C(=O)Nc3ccc(OC(C)C)cc3)nn2)c1. The lowest BCUT2D eigenvalue weighted by Crippen LogP contribution is -2.14. The highest BCUT2D eigenvalue weighted by molar-refractivity contribution is 6.02. The number of hydrogen-bond donors (Lipinski definition) is 2. The van der Waals surface area contributed by atoms with E-state index in [1.54, 1.807) is 31.4 Å². The van der Waals surface area contributed by atoms with Gasteiger partial charge in [0.2, 0.25) is 0 Å². The predicted octanol–water partition coefficient (Wildman–Crippen LogP) is 4.27. The number of benzene rings is 2. The van der Waals surface area contributed by atoms with Gasteiger partial charge in [0.25, 0.3) is 5.91 Å². The van der Waals surface area contributed by atoms with Crippen LogP contribution in [-0.2, 0) is 0 Å². The second-order valence-electron chi connectivity index (χ2n) is 6.31. The Kier molecular flexibility index (Phi) is 6.06. The zero-order chi connectivity index (χ0) is 19.9. The summed E-state index contributed by atoms with van der Waals surface area (Å²) in [5, 5.41) is 14.0. The van der Waals surface area contributed by atoms with Crippen LogP contribution in [0.2, 0.25) is 0 Å². The quantitative estimate of drug-likeness (QED) is 0.639. The number of carbonyl (C=O) groups is 1. The normalized spacial score (nSPS) is 10.4. The lowest BCUT2D eigenvalue weighted by atomic mass is 10.2. The van der Waals surface area contributed by atoms with Crippen molar-refractivity contribution in [3.8, 4) is 11.5 Å². The van der Waals surface area contributed by atoms with Crippen LogP contribution in [0.3, 0.4) is 0 Å². The first kappa shape index (κ1) is 19.2. The summed E-state index contributed by atoms with van der Waals surface area (Å²) in [6, 6.07) is 17.9. The second-order valence-corrected chi connectivity index (χ2v) is 6.31. The molecular weight excluding hydrogens is 356 g/mol. The Hall–Kier alpha value is -3.61. The molecule has 1 amide bonds. The van der Waals surface area contributed by atoms with Crippen molar-refractivity contribution in [1.82, 2.24) is 10.2 Å². The van der Waals surface area contributed by atoms with Crippen LogP contribution in [-0.4, -0.2) is 29.3 Å². The Morgan fingerprint density at radius 1 is 0.929 bits per heavy atom. The molecular formula is C21H22N4O3. The van der Waals surface area contributed by atoms with Gasteiger partial charge in [-0.05, 0) is 62.4 Å². The number of anilines is 3. The summed E-state index contributed by atoms with van der Waals surface area (Å²) in [6.45, 7) is 3.92. The van der Waals surface area contributed by atoms with E-state index in [4.69, 9.17) is 9.47 Å². The van der Waals surface area contributed by atoms with Gasteiger partial charge in [0, 0.05) is 17.4 Å². The molecule has 3 rings (SSSR count). The molecule has 3 aromatic rings. The first-order valence-corrected chi connectivity index (χ1v) is 8.86. The van der Waals surface area contributed by atoms with Crippen LogP contribution >= 0.6 is 0 Å². The molecule has 0 aliphatic heterocycles. The average molecular weight is 378 g/mol. The Balaban J connectivity index is 1.61. The molecule has 0 aliphatic carbocycles. The number of carbonyl (C=O) groups excluding carboxylic acids is 1. The summed E-state index contributed by atoms with van der Waals surface area (Å²) in [6.07, 6.45) is 0.0970. The minimum absolute atomic E-state index is 0.0970. The Morgan fingerprint density at radius 2 is 1.71 bits per heavy atom. The van der Waals surface area contributed by atoms with E-state index in [1.165, 1.54) is 0 Å². The van der Waals surface area contributed by atoms with Gasteiger partial charge in [0.1, 0.15) is 11.5 Å². The first-order chi connectivity index (χ1) is 13.5. The average Bonchev–Trinajstić information content (AvgIpc) is 2.70. The zero-order valence-corrected chi connectivity index (χ0v) is 16.0. The third-order valence-electron chi connectivity index (χ3n) is 3.72. The molecule has 28 heavy (non-hydrogen) atoms. The summed E-state index contributed by atoms with van der Waals surface area (Å²) in [5.74, 6) is 1.68. The molecule has 144 valence electrons. The minimum Gasteiger partial charge on any atom is -0.497 e. The molecule has 1 heterocycles. The number of methoxy groups -OCH3 is 1. The fourth-order valence-electron chi connectivity index (χ4n) is 2.45. The van der Waals surface area contributed by atoms with E-state index in [0.29, 0.717) is 11.5 Å². The smallest absolute Gasteiger partial charge is 0.276 e. The largest absolute Gasteiger partial charge is 0.497 e. The van der Waals surface area contributed by atoms with Crippen LogP contribution < -0.4 is 20.1 Å². The Morgan fingerprint density at radius 3 is 2.36 bits per heavy atom. The molecule has 0 radical (unpaired) electrons. The molecule has 0 aliphatic rings. The number of aromatic nitrogens is 2. The fraction of sp³-hybridized carbons (Fsp3) is 0.190. The summed E-state index contributed by atoms with van der Waals surface area (Å²) >= 11 is 0. The minimum atomic E-state index is -0.335. The van der Waals surface area contributed by atoms with Gasteiger partial charge >= 0.3 is 0 Å². The summed E-state index contributed by atoms with van der Waals surface area (Å²) in [5.41, 5.74) is 1.69. The molecule has 7 nitrogen and oxygen atoms in total. The molecule has 0 fully saturated rings. The van der Waals surface area contributed by atoms with Gasteiger partial charge in [-0.1, -0.05) is 6.07 Å². The summed E-state index contributed by atoms with van der Waals surface area (Å²) in [4.78, 5) is 12.3. The van der Waals surface area contributed by atoms with Crippen LogP contribution in [0.15, 0.2) is 60.7 Å². The van der Waals surface area contributed by atoms with Gasteiger partial charge in [-0.15, -0.1) is 10.2 Å². The third kappa shape index (κ3) is 5.20. The second kappa shape index (κ2) is 8.85. The highest BCUT2D eigenvalue weighted by Gasteiger charge is 2.09. The fourth-order valence-corrected chi connectivity index (χ4v) is 2.45. The van der Waals surface area contributed by atoms with Crippen molar-refractivity contribution in [3.63, 3.8) is 0 Å². The van der Waals surface area contributed by atoms with Gasteiger partial charge in [0.15, 0.2) is 11.5 Å². The van der Waals surface area contributed by atoms with Crippen LogP contribution in [0.4, 0.5) is 17.2 Å². The standard InChI is InChI=1S/C21H22N4O3/c1-14(2)28-17-9-7-15(8-10-17)23-21(26)19-11-12-20(25-24-19)22-16-5-4-6-18(13-16)27-3/h4-14H,1-3H3,(H,22,25)(H,23,26).